The molecule has 0 aromatic heterocycles. The van der Waals surface area contributed by atoms with E-state index in [4.69, 9.17) is 4.74 Å². The van der Waals surface area contributed by atoms with Crippen LogP contribution in [-0.4, -0.2) is 33.3 Å². The zero-order valence-corrected chi connectivity index (χ0v) is 12.7. The van der Waals surface area contributed by atoms with Crippen molar-refractivity contribution in [2.75, 3.05) is 7.11 Å². The molecule has 0 heterocycles. The number of hydrogen-bond donors (Lipinski definition) is 1. The van der Waals surface area contributed by atoms with E-state index in [9.17, 15) is 5.11 Å². The van der Waals surface area contributed by atoms with Crippen LogP contribution in [0.15, 0.2) is 54.6 Å². The number of methoxy groups -OCH3 is 1. The number of aliphatic hydroxyl groups is 1. The van der Waals surface area contributed by atoms with Gasteiger partial charge < -0.3 is 0 Å². The fraction of sp³-hybridized carbons (Fsp3) is 0.250. The van der Waals surface area contributed by atoms with E-state index in [2.05, 4.69) is 12.1 Å². The van der Waals surface area contributed by atoms with Gasteiger partial charge in [-0.05, 0) is 0 Å². The van der Waals surface area contributed by atoms with E-state index in [0.29, 0.717) is 21.4 Å². The molecular formula is C16H18O2Se. The average molecular weight is 321 g/mol. The molecule has 0 fully saturated rings. The minimum absolute atomic E-state index is 0.270. The van der Waals surface area contributed by atoms with Gasteiger partial charge in [-0.2, -0.15) is 0 Å². The Kier molecular flexibility index (Phi) is 5.46. The van der Waals surface area contributed by atoms with Gasteiger partial charge in [0.25, 0.3) is 0 Å². The van der Waals surface area contributed by atoms with E-state index in [-0.39, 0.29) is 6.10 Å². The van der Waals surface area contributed by atoms with Gasteiger partial charge in [0.2, 0.25) is 0 Å². The summed E-state index contributed by atoms with van der Waals surface area (Å²) in [4.78, 5) is 0. The number of ether oxygens (including phenoxy) is 1. The van der Waals surface area contributed by atoms with Gasteiger partial charge in [0.15, 0.2) is 0 Å². The molecule has 3 heteroatoms. The van der Waals surface area contributed by atoms with Gasteiger partial charge >= 0.3 is 120 Å². The van der Waals surface area contributed by atoms with Gasteiger partial charge in [0.05, 0.1) is 0 Å². The Bertz CT molecular complexity index is 482. The summed E-state index contributed by atoms with van der Waals surface area (Å²) in [6.45, 7) is 0. The van der Waals surface area contributed by atoms with Crippen LogP contribution in [0.4, 0.5) is 0 Å². The molecule has 1 atom stereocenters. The molecule has 19 heavy (non-hydrogen) atoms. The SMILES string of the molecule is COc1ccc(CC(O)C[Se]c2ccccc2)cc1. The average Bonchev–Trinajstić information content (AvgIpc) is 2.47. The van der Waals surface area contributed by atoms with Crippen LogP contribution in [0.3, 0.4) is 0 Å². The van der Waals surface area contributed by atoms with Crippen molar-refractivity contribution >= 4 is 19.4 Å². The molecule has 100 valence electrons. The number of benzene rings is 2. The maximum atomic E-state index is 10.1. The van der Waals surface area contributed by atoms with Crippen LogP contribution >= 0.6 is 0 Å². The van der Waals surface area contributed by atoms with Crippen LogP contribution in [-0.2, 0) is 6.42 Å². The Morgan fingerprint density at radius 3 is 2.37 bits per heavy atom. The van der Waals surface area contributed by atoms with Gasteiger partial charge in [0.1, 0.15) is 0 Å². The van der Waals surface area contributed by atoms with Crippen molar-refractivity contribution in [2.24, 2.45) is 0 Å². The van der Waals surface area contributed by atoms with E-state index in [1.807, 2.05) is 42.5 Å². The van der Waals surface area contributed by atoms with E-state index in [1.165, 1.54) is 4.46 Å². The molecule has 0 spiro atoms. The first kappa shape index (κ1) is 14.1. The molecule has 0 aliphatic carbocycles. The van der Waals surface area contributed by atoms with Crippen LogP contribution < -0.4 is 9.20 Å². The second-order valence-corrected chi connectivity index (χ2v) is 6.62. The van der Waals surface area contributed by atoms with Crippen molar-refractivity contribution in [2.45, 2.75) is 17.8 Å². The molecule has 0 saturated heterocycles. The Labute approximate surface area is 120 Å². The molecule has 1 unspecified atom stereocenters. The predicted molar refractivity (Wildman–Crippen MR) is 79.3 cm³/mol. The fourth-order valence-electron chi connectivity index (χ4n) is 1.80. The summed E-state index contributed by atoms with van der Waals surface area (Å²) in [6, 6.07) is 18.3. The number of aliphatic hydroxyl groups excluding tert-OH is 1. The Hall–Kier alpha value is -1.28. The number of rotatable bonds is 6. The molecule has 1 N–H and O–H groups in total. The van der Waals surface area contributed by atoms with E-state index in [0.717, 1.165) is 16.6 Å². The fourth-order valence-corrected chi connectivity index (χ4v) is 3.59. The third kappa shape index (κ3) is 4.71. The monoisotopic (exact) mass is 322 g/mol. The van der Waals surface area contributed by atoms with E-state index >= 15 is 0 Å². The first-order chi connectivity index (χ1) is 9.28. The summed E-state index contributed by atoms with van der Waals surface area (Å²) in [5.41, 5.74) is 1.15. The minimum atomic E-state index is -0.270. The molecule has 0 aliphatic rings. The zero-order valence-electron chi connectivity index (χ0n) is 11.0. The van der Waals surface area contributed by atoms with Crippen molar-refractivity contribution in [3.05, 3.63) is 60.2 Å². The molecule has 0 amide bonds. The second kappa shape index (κ2) is 7.34. The van der Waals surface area contributed by atoms with Crippen molar-refractivity contribution < 1.29 is 9.84 Å². The van der Waals surface area contributed by atoms with Crippen molar-refractivity contribution in [3.63, 3.8) is 0 Å². The van der Waals surface area contributed by atoms with Gasteiger partial charge in [-0.3, -0.25) is 0 Å². The second-order valence-electron chi connectivity index (χ2n) is 4.33. The summed E-state index contributed by atoms with van der Waals surface area (Å²) < 4.78 is 6.46. The summed E-state index contributed by atoms with van der Waals surface area (Å²) >= 11 is 0.340. The van der Waals surface area contributed by atoms with Crippen molar-refractivity contribution in [3.8, 4) is 5.75 Å². The first-order valence-electron chi connectivity index (χ1n) is 6.27. The maximum absolute atomic E-state index is 10.1. The molecule has 0 aliphatic heterocycles. The molecule has 2 aromatic rings. The third-order valence-corrected chi connectivity index (χ3v) is 5.24. The van der Waals surface area contributed by atoms with E-state index in [1.54, 1.807) is 7.11 Å². The van der Waals surface area contributed by atoms with Crippen molar-refractivity contribution in [1.29, 1.82) is 0 Å². The van der Waals surface area contributed by atoms with Crippen LogP contribution in [0, 0.1) is 0 Å². The van der Waals surface area contributed by atoms with Gasteiger partial charge in [-0.15, -0.1) is 0 Å². The zero-order chi connectivity index (χ0) is 13.5. The quantitative estimate of drug-likeness (QED) is 0.825. The topological polar surface area (TPSA) is 29.5 Å². The molecule has 0 radical (unpaired) electrons. The van der Waals surface area contributed by atoms with Crippen LogP contribution in [0.5, 0.6) is 5.75 Å². The van der Waals surface area contributed by atoms with Crippen LogP contribution in [0.25, 0.3) is 0 Å². The van der Waals surface area contributed by atoms with Gasteiger partial charge in [-0.25, -0.2) is 0 Å². The summed E-state index contributed by atoms with van der Waals surface area (Å²) in [7, 11) is 1.66. The van der Waals surface area contributed by atoms with Gasteiger partial charge in [0, 0.05) is 0 Å². The normalized spacial score (nSPS) is 12.1. The molecular weight excluding hydrogens is 303 g/mol. The summed E-state index contributed by atoms with van der Waals surface area (Å²) in [6.07, 6.45) is 0.437. The molecule has 2 nitrogen and oxygen atoms in total. The predicted octanol–water partition coefficient (Wildman–Crippen LogP) is 2.05. The van der Waals surface area contributed by atoms with E-state index < -0.39 is 0 Å². The van der Waals surface area contributed by atoms with Crippen LogP contribution in [0.1, 0.15) is 5.56 Å². The third-order valence-electron chi connectivity index (χ3n) is 2.82. The molecule has 0 saturated carbocycles. The molecule has 2 aromatic carbocycles. The Morgan fingerprint density at radius 1 is 1.05 bits per heavy atom. The molecule has 0 bridgehead atoms. The van der Waals surface area contributed by atoms with Gasteiger partial charge in [-0.1, -0.05) is 0 Å². The summed E-state index contributed by atoms with van der Waals surface area (Å²) in [5.74, 6) is 0.853. The summed E-state index contributed by atoms with van der Waals surface area (Å²) in [5, 5.41) is 10.9. The number of hydrogen-bond acceptors (Lipinski definition) is 2. The standard InChI is InChI=1S/C16H18O2Se/c1-18-15-9-7-13(8-10-15)11-14(17)12-19-16-5-3-2-4-6-16/h2-10,14,17H,11-12H2,1H3. The first-order valence-corrected chi connectivity index (χ1v) is 8.33. The van der Waals surface area contributed by atoms with Crippen molar-refractivity contribution in [1.82, 2.24) is 0 Å². The van der Waals surface area contributed by atoms with Crippen LogP contribution in [0.2, 0.25) is 5.32 Å². The Morgan fingerprint density at radius 2 is 1.74 bits per heavy atom. The Balaban J connectivity index is 1.82. The molecule has 2 rings (SSSR count).